The maximum Gasteiger partial charge on any atom is 0.410 e. The summed E-state index contributed by atoms with van der Waals surface area (Å²) < 4.78 is 22.5. The van der Waals surface area contributed by atoms with Gasteiger partial charge >= 0.3 is 6.09 Å². The van der Waals surface area contributed by atoms with Gasteiger partial charge in [-0.2, -0.15) is 0 Å². The van der Waals surface area contributed by atoms with E-state index in [-0.39, 0.29) is 16.9 Å². The first-order chi connectivity index (χ1) is 16.6. The van der Waals surface area contributed by atoms with E-state index in [0.717, 1.165) is 10.9 Å². The lowest BCUT2D eigenvalue weighted by molar-refractivity contribution is 0.0232. The minimum absolute atomic E-state index is 0.00704. The number of ether oxygens (including phenoxy) is 1. The average molecular weight is 498 g/mol. The Morgan fingerprint density at radius 3 is 2.49 bits per heavy atom. The van der Waals surface area contributed by atoms with E-state index in [4.69, 9.17) is 16.3 Å². The van der Waals surface area contributed by atoms with Gasteiger partial charge in [-0.25, -0.2) is 18.8 Å². The van der Waals surface area contributed by atoms with Crippen LogP contribution in [0.5, 0.6) is 5.75 Å². The number of hydrogen-bond donors (Lipinski definition) is 1. The molecule has 1 aliphatic heterocycles. The van der Waals surface area contributed by atoms with Crippen LogP contribution < -0.4 is 5.01 Å². The van der Waals surface area contributed by atoms with E-state index < -0.39 is 11.4 Å². The van der Waals surface area contributed by atoms with Crippen molar-refractivity contribution in [2.75, 3.05) is 31.2 Å². The van der Waals surface area contributed by atoms with Crippen molar-refractivity contribution in [3.8, 4) is 16.9 Å². The Labute approximate surface area is 206 Å². The Kier molecular flexibility index (Phi) is 5.67. The highest BCUT2D eigenvalue weighted by molar-refractivity contribution is 6.33. The fourth-order valence-electron chi connectivity index (χ4n) is 4.26. The molecule has 35 heavy (non-hydrogen) atoms. The number of aromatic hydroxyl groups is 1. The molecule has 1 fully saturated rings. The molecule has 8 nitrogen and oxygen atoms in total. The van der Waals surface area contributed by atoms with Gasteiger partial charge in [0.1, 0.15) is 34.5 Å². The summed E-state index contributed by atoms with van der Waals surface area (Å²) in [6.07, 6.45) is 3.01. The number of pyridine rings is 1. The largest absolute Gasteiger partial charge is 0.508 e. The molecule has 0 radical (unpaired) electrons. The first kappa shape index (κ1) is 23.2. The second kappa shape index (κ2) is 8.57. The summed E-state index contributed by atoms with van der Waals surface area (Å²) in [7, 11) is 0. The van der Waals surface area contributed by atoms with Gasteiger partial charge in [-0.05, 0) is 45.0 Å². The van der Waals surface area contributed by atoms with Crippen LogP contribution in [0.3, 0.4) is 0 Å². The molecule has 1 aliphatic rings. The zero-order valence-electron chi connectivity index (χ0n) is 19.6. The van der Waals surface area contributed by atoms with Gasteiger partial charge in [0.2, 0.25) is 0 Å². The van der Waals surface area contributed by atoms with Crippen LogP contribution in [0.15, 0.2) is 42.9 Å². The monoisotopic (exact) mass is 497 g/mol. The van der Waals surface area contributed by atoms with Gasteiger partial charge < -0.3 is 19.8 Å². The number of phenolic OH excluding ortho intramolecular Hbond substituents is 1. The lowest BCUT2D eigenvalue weighted by atomic mass is 10.0. The van der Waals surface area contributed by atoms with E-state index in [0.29, 0.717) is 48.3 Å². The lowest BCUT2D eigenvalue weighted by Crippen LogP contribution is -2.53. The molecule has 0 aliphatic carbocycles. The number of fused-ring (bicyclic) bond motifs is 3. The highest BCUT2D eigenvalue weighted by atomic mass is 35.5. The highest BCUT2D eigenvalue weighted by Gasteiger charge is 2.27. The standard InChI is InChI=1S/C25H25ClFN5O3/c1-25(2,3)35-24(34)30-6-8-31(9-7-30)32-14-29-22-13-28-21-12-20(27)17(11-18(21)23(22)32)16-5-4-15(33)10-19(16)26/h4-5,10-14,33H,6-9H2,1-3H3. The molecule has 0 unspecified atom stereocenters. The molecule has 2 aromatic heterocycles. The lowest BCUT2D eigenvalue weighted by Gasteiger charge is -2.37. The maximum absolute atomic E-state index is 15.1. The van der Waals surface area contributed by atoms with Crippen molar-refractivity contribution >= 4 is 39.6 Å². The summed E-state index contributed by atoms with van der Waals surface area (Å²) in [4.78, 5) is 23.0. The van der Waals surface area contributed by atoms with Crippen LogP contribution in [-0.2, 0) is 4.74 Å². The van der Waals surface area contributed by atoms with Crippen LogP contribution in [0.2, 0.25) is 5.02 Å². The minimum Gasteiger partial charge on any atom is -0.508 e. The number of hydrogen-bond acceptors (Lipinski definition) is 6. The predicted molar refractivity (Wildman–Crippen MR) is 133 cm³/mol. The van der Waals surface area contributed by atoms with Gasteiger partial charge in [-0.15, -0.1) is 0 Å². The molecule has 3 heterocycles. The molecule has 5 rings (SSSR count). The minimum atomic E-state index is -0.548. The van der Waals surface area contributed by atoms with Gasteiger partial charge in [0.15, 0.2) is 0 Å². The smallest absolute Gasteiger partial charge is 0.410 e. The second-order valence-electron chi connectivity index (χ2n) is 9.52. The number of aromatic nitrogens is 3. The molecule has 182 valence electrons. The number of carbonyl (C=O) groups excluding carboxylic acids is 1. The van der Waals surface area contributed by atoms with E-state index in [2.05, 4.69) is 15.0 Å². The normalized spacial score (nSPS) is 14.7. The van der Waals surface area contributed by atoms with Gasteiger partial charge in [0.25, 0.3) is 0 Å². The number of halogens is 2. The van der Waals surface area contributed by atoms with Crippen LogP contribution in [0.25, 0.3) is 33.1 Å². The Bertz CT molecular complexity index is 1440. The molecule has 0 spiro atoms. The van der Waals surface area contributed by atoms with E-state index in [1.165, 1.54) is 18.2 Å². The quantitative estimate of drug-likeness (QED) is 0.422. The maximum atomic E-state index is 15.1. The number of piperazine rings is 1. The van der Waals surface area contributed by atoms with Crippen molar-refractivity contribution in [3.05, 3.63) is 53.7 Å². The molecule has 2 aromatic carbocycles. The summed E-state index contributed by atoms with van der Waals surface area (Å²) in [6, 6.07) is 7.53. The average Bonchev–Trinajstić information content (AvgIpc) is 3.22. The van der Waals surface area contributed by atoms with Gasteiger partial charge in [-0.3, -0.25) is 4.98 Å². The van der Waals surface area contributed by atoms with E-state index in [1.54, 1.807) is 29.6 Å². The van der Waals surface area contributed by atoms with E-state index in [1.807, 2.05) is 25.4 Å². The fourth-order valence-corrected chi connectivity index (χ4v) is 4.54. The third-order valence-corrected chi connectivity index (χ3v) is 6.21. The highest BCUT2D eigenvalue weighted by Crippen LogP contribution is 2.36. The summed E-state index contributed by atoms with van der Waals surface area (Å²) >= 11 is 6.31. The van der Waals surface area contributed by atoms with Gasteiger partial charge in [0.05, 0.1) is 29.8 Å². The summed E-state index contributed by atoms with van der Waals surface area (Å²) in [5.74, 6) is -0.457. The number of imidazole rings is 1. The second-order valence-corrected chi connectivity index (χ2v) is 9.92. The van der Waals surface area contributed by atoms with Crippen LogP contribution in [-0.4, -0.2) is 62.5 Å². The molecule has 0 atom stereocenters. The fraction of sp³-hybridized carbons (Fsp3) is 0.320. The molecule has 4 aromatic rings. The van der Waals surface area contributed by atoms with Crippen LogP contribution in [0.1, 0.15) is 20.8 Å². The van der Waals surface area contributed by atoms with E-state index in [9.17, 15) is 9.90 Å². The predicted octanol–water partition coefficient (Wildman–Crippen LogP) is 4.94. The number of carbonyl (C=O) groups is 1. The van der Waals surface area contributed by atoms with Crippen molar-refractivity contribution in [2.45, 2.75) is 26.4 Å². The first-order valence-electron chi connectivity index (χ1n) is 11.3. The van der Waals surface area contributed by atoms with Gasteiger partial charge in [-0.1, -0.05) is 11.6 Å². The Morgan fingerprint density at radius 2 is 1.80 bits per heavy atom. The zero-order chi connectivity index (χ0) is 24.9. The van der Waals surface area contributed by atoms with Crippen molar-refractivity contribution in [1.29, 1.82) is 0 Å². The van der Waals surface area contributed by atoms with Crippen LogP contribution in [0, 0.1) is 5.82 Å². The Balaban J connectivity index is 1.52. The molecule has 0 saturated carbocycles. The van der Waals surface area contributed by atoms with E-state index >= 15 is 4.39 Å². The first-order valence-corrected chi connectivity index (χ1v) is 11.7. The zero-order valence-corrected chi connectivity index (χ0v) is 20.4. The topological polar surface area (TPSA) is 83.7 Å². The molecular formula is C25H25ClFN5O3. The SMILES string of the molecule is CC(C)(C)OC(=O)N1CCN(n2cnc3cnc4cc(F)c(-c5ccc(O)cc5Cl)cc4c32)CC1. The molecule has 1 saturated heterocycles. The van der Waals surface area contributed by atoms with Crippen molar-refractivity contribution < 1.29 is 19.0 Å². The van der Waals surface area contributed by atoms with Crippen molar-refractivity contribution in [2.24, 2.45) is 0 Å². The number of amides is 1. The Hall–Kier alpha value is -3.59. The molecule has 1 amide bonds. The summed E-state index contributed by atoms with van der Waals surface area (Å²) in [5.41, 5.74) is 2.17. The van der Waals surface area contributed by atoms with Crippen LogP contribution in [0.4, 0.5) is 9.18 Å². The van der Waals surface area contributed by atoms with Crippen molar-refractivity contribution in [3.63, 3.8) is 0 Å². The summed E-state index contributed by atoms with van der Waals surface area (Å²) in [5, 5.41) is 12.7. The van der Waals surface area contributed by atoms with Crippen molar-refractivity contribution in [1.82, 2.24) is 19.5 Å². The number of nitrogens with zero attached hydrogens (tertiary/aromatic N) is 5. The Morgan fingerprint density at radius 1 is 1.06 bits per heavy atom. The number of benzene rings is 2. The number of phenols is 1. The third kappa shape index (κ3) is 4.43. The summed E-state index contributed by atoms with van der Waals surface area (Å²) in [6.45, 7) is 7.70. The molecular weight excluding hydrogens is 473 g/mol. The van der Waals surface area contributed by atoms with Crippen LogP contribution >= 0.6 is 11.6 Å². The van der Waals surface area contributed by atoms with Gasteiger partial charge in [0, 0.05) is 35.7 Å². The molecule has 10 heteroatoms. The molecule has 0 bridgehead atoms. The number of rotatable bonds is 2. The third-order valence-electron chi connectivity index (χ3n) is 5.90. The molecule has 1 N–H and O–H groups in total.